The molecule has 0 unspecified atom stereocenters. The van der Waals surface area contributed by atoms with Crippen molar-refractivity contribution in [3.8, 4) is 11.1 Å². The fraction of sp³-hybridized carbons (Fsp3) is 0.143. The zero-order valence-electron chi connectivity index (χ0n) is 9.50. The first-order valence-corrected chi connectivity index (χ1v) is 5.37. The molecule has 0 saturated carbocycles. The molecule has 0 radical (unpaired) electrons. The van der Waals surface area contributed by atoms with Gasteiger partial charge in [0.25, 0.3) is 0 Å². The minimum Gasteiger partial charge on any atom is -0.326 e. The monoisotopic (exact) mass is 233 g/mol. The van der Waals surface area contributed by atoms with Gasteiger partial charge in [0.1, 0.15) is 11.6 Å². The van der Waals surface area contributed by atoms with E-state index in [-0.39, 0.29) is 11.6 Å². The average molecular weight is 233 g/mol. The highest BCUT2D eigenvalue weighted by Gasteiger charge is 2.07. The number of hydrogen-bond acceptors (Lipinski definition) is 1. The largest absolute Gasteiger partial charge is 0.326 e. The molecule has 0 amide bonds. The number of rotatable bonds is 2. The zero-order valence-corrected chi connectivity index (χ0v) is 9.50. The van der Waals surface area contributed by atoms with Crippen LogP contribution in [0.3, 0.4) is 0 Å². The van der Waals surface area contributed by atoms with Gasteiger partial charge in [-0.25, -0.2) is 8.78 Å². The Kier molecular flexibility index (Phi) is 3.20. The van der Waals surface area contributed by atoms with Gasteiger partial charge in [0, 0.05) is 6.54 Å². The van der Waals surface area contributed by atoms with Crippen molar-refractivity contribution in [2.45, 2.75) is 13.5 Å². The highest BCUT2D eigenvalue weighted by atomic mass is 19.1. The Morgan fingerprint density at radius 3 is 2.47 bits per heavy atom. The average Bonchev–Trinajstić information content (AvgIpc) is 2.32. The molecule has 3 heteroatoms. The number of halogens is 2. The number of nitrogens with two attached hydrogens (primary N) is 1. The van der Waals surface area contributed by atoms with Crippen molar-refractivity contribution >= 4 is 0 Å². The van der Waals surface area contributed by atoms with E-state index in [9.17, 15) is 8.78 Å². The molecule has 0 aliphatic carbocycles. The summed E-state index contributed by atoms with van der Waals surface area (Å²) < 4.78 is 26.4. The van der Waals surface area contributed by atoms with E-state index < -0.39 is 0 Å². The van der Waals surface area contributed by atoms with Gasteiger partial charge in [-0.15, -0.1) is 0 Å². The van der Waals surface area contributed by atoms with E-state index in [1.165, 1.54) is 18.2 Å². The fourth-order valence-electron chi connectivity index (χ4n) is 1.81. The third-order valence-corrected chi connectivity index (χ3v) is 2.76. The van der Waals surface area contributed by atoms with Crippen molar-refractivity contribution in [1.82, 2.24) is 0 Å². The van der Waals surface area contributed by atoms with Gasteiger partial charge in [0.2, 0.25) is 0 Å². The lowest BCUT2D eigenvalue weighted by Crippen LogP contribution is -1.99. The topological polar surface area (TPSA) is 26.0 Å². The summed E-state index contributed by atoms with van der Waals surface area (Å²) in [5.41, 5.74) is 8.49. The van der Waals surface area contributed by atoms with Gasteiger partial charge in [-0.2, -0.15) is 0 Å². The van der Waals surface area contributed by atoms with Gasteiger partial charge in [-0.1, -0.05) is 12.1 Å². The van der Waals surface area contributed by atoms with Crippen LogP contribution in [0.2, 0.25) is 0 Å². The summed E-state index contributed by atoms with van der Waals surface area (Å²) in [4.78, 5) is 0. The summed E-state index contributed by atoms with van der Waals surface area (Å²) in [7, 11) is 0. The molecule has 2 N–H and O–H groups in total. The molecule has 2 aromatic carbocycles. The third-order valence-electron chi connectivity index (χ3n) is 2.76. The minimum absolute atomic E-state index is 0.264. The summed E-state index contributed by atoms with van der Waals surface area (Å²) in [6.07, 6.45) is 0. The van der Waals surface area contributed by atoms with E-state index in [4.69, 9.17) is 5.73 Å². The van der Waals surface area contributed by atoms with E-state index >= 15 is 0 Å². The lowest BCUT2D eigenvalue weighted by Gasteiger charge is -2.09. The first-order valence-electron chi connectivity index (χ1n) is 5.37. The van der Waals surface area contributed by atoms with Crippen molar-refractivity contribution in [2.24, 2.45) is 5.73 Å². The standard InChI is InChI=1S/C14H13F2N/c1-9-6-10(3-5-14(9)16)13-7-12(15)4-2-11(13)8-17/h2-7H,8,17H2,1H3. The van der Waals surface area contributed by atoms with Gasteiger partial charge in [-0.05, 0) is 53.4 Å². The first kappa shape index (κ1) is 11.7. The molecule has 2 rings (SSSR count). The predicted molar refractivity (Wildman–Crippen MR) is 64.4 cm³/mol. The van der Waals surface area contributed by atoms with Gasteiger partial charge in [0.15, 0.2) is 0 Å². The van der Waals surface area contributed by atoms with Crippen LogP contribution in [0.25, 0.3) is 11.1 Å². The molecule has 17 heavy (non-hydrogen) atoms. The molecular formula is C14H13F2N. The Labute approximate surface area is 98.9 Å². The SMILES string of the molecule is Cc1cc(-c2cc(F)ccc2CN)ccc1F. The minimum atomic E-state index is -0.320. The van der Waals surface area contributed by atoms with Crippen LogP contribution < -0.4 is 5.73 Å². The molecule has 88 valence electrons. The molecule has 0 spiro atoms. The summed E-state index contributed by atoms with van der Waals surface area (Å²) >= 11 is 0. The van der Waals surface area contributed by atoms with Gasteiger partial charge in [-0.3, -0.25) is 0 Å². The van der Waals surface area contributed by atoms with Crippen LogP contribution in [0.5, 0.6) is 0 Å². The summed E-state index contributed by atoms with van der Waals surface area (Å²) in [6, 6.07) is 9.18. The highest BCUT2D eigenvalue weighted by Crippen LogP contribution is 2.26. The van der Waals surface area contributed by atoms with Crippen molar-refractivity contribution in [3.63, 3.8) is 0 Å². The first-order chi connectivity index (χ1) is 8.11. The Morgan fingerprint density at radius 1 is 1.06 bits per heavy atom. The van der Waals surface area contributed by atoms with Crippen molar-refractivity contribution < 1.29 is 8.78 Å². The summed E-state index contributed by atoms with van der Waals surface area (Å²) in [5, 5.41) is 0. The maximum absolute atomic E-state index is 13.2. The Morgan fingerprint density at radius 2 is 1.82 bits per heavy atom. The summed E-state index contributed by atoms with van der Waals surface area (Å²) in [6.45, 7) is 2.01. The lowest BCUT2D eigenvalue weighted by molar-refractivity contribution is 0.618. The van der Waals surface area contributed by atoms with Crippen LogP contribution in [0.1, 0.15) is 11.1 Å². The molecule has 2 aromatic rings. The van der Waals surface area contributed by atoms with Crippen LogP contribution in [0.15, 0.2) is 36.4 Å². The predicted octanol–water partition coefficient (Wildman–Crippen LogP) is 3.40. The van der Waals surface area contributed by atoms with Crippen LogP contribution in [-0.2, 0) is 6.54 Å². The smallest absolute Gasteiger partial charge is 0.126 e. The second-order valence-corrected chi connectivity index (χ2v) is 3.97. The second kappa shape index (κ2) is 4.63. The molecule has 0 saturated heterocycles. The van der Waals surface area contributed by atoms with E-state index in [1.54, 1.807) is 25.1 Å². The fourth-order valence-corrected chi connectivity index (χ4v) is 1.81. The molecule has 0 atom stereocenters. The Hall–Kier alpha value is -1.74. The molecule has 0 aliphatic rings. The molecule has 0 aromatic heterocycles. The molecule has 0 aliphatic heterocycles. The number of aryl methyl sites for hydroxylation is 1. The molecule has 0 heterocycles. The zero-order chi connectivity index (χ0) is 12.4. The Balaban J connectivity index is 2.58. The van der Waals surface area contributed by atoms with Gasteiger partial charge < -0.3 is 5.73 Å². The maximum Gasteiger partial charge on any atom is 0.126 e. The van der Waals surface area contributed by atoms with Crippen LogP contribution in [0.4, 0.5) is 8.78 Å². The summed E-state index contributed by atoms with van der Waals surface area (Å²) in [5.74, 6) is -0.585. The van der Waals surface area contributed by atoms with E-state index in [2.05, 4.69) is 0 Å². The van der Waals surface area contributed by atoms with Crippen LogP contribution in [0, 0.1) is 18.6 Å². The van der Waals surface area contributed by atoms with Crippen molar-refractivity contribution in [3.05, 3.63) is 59.2 Å². The molecule has 1 nitrogen and oxygen atoms in total. The van der Waals surface area contributed by atoms with Crippen molar-refractivity contribution in [1.29, 1.82) is 0 Å². The van der Waals surface area contributed by atoms with Gasteiger partial charge >= 0.3 is 0 Å². The number of benzene rings is 2. The van der Waals surface area contributed by atoms with Gasteiger partial charge in [0.05, 0.1) is 0 Å². The normalized spacial score (nSPS) is 10.6. The second-order valence-electron chi connectivity index (χ2n) is 3.97. The van der Waals surface area contributed by atoms with Crippen LogP contribution >= 0.6 is 0 Å². The van der Waals surface area contributed by atoms with E-state index in [1.807, 2.05) is 0 Å². The third kappa shape index (κ3) is 2.34. The van der Waals surface area contributed by atoms with E-state index in [0.717, 1.165) is 16.7 Å². The quantitative estimate of drug-likeness (QED) is 0.845. The molecule has 0 bridgehead atoms. The Bertz CT molecular complexity index is 550. The van der Waals surface area contributed by atoms with Crippen molar-refractivity contribution in [2.75, 3.05) is 0 Å². The number of hydrogen-bond donors (Lipinski definition) is 1. The molecular weight excluding hydrogens is 220 g/mol. The van der Waals surface area contributed by atoms with E-state index in [0.29, 0.717) is 12.1 Å². The molecule has 0 fully saturated rings. The van der Waals surface area contributed by atoms with Crippen LogP contribution in [-0.4, -0.2) is 0 Å². The highest BCUT2D eigenvalue weighted by molar-refractivity contribution is 5.68. The maximum atomic E-state index is 13.2. The lowest BCUT2D eigenvalue weighted by atomic mass is 9.98.